The quantitative estimate of drug-likeness (QED) is 0.922. The Balaban J connectivity index is 1.69. The van der Waals surface area contributed by atoms with Crippen LogP contribution in [0.15, 0.2) is 18.2 Å². The van der Waals surface area contributed by atoms with E-state index in [0.717, 1.165) is 37.0 Å². The van der Waals surface area contributed by atoms with Gasteiger partial charge in [-0.15, -0.1) is 0 Å². The van der Waals surface area contributed by atoms with Crippen LogP contribution in [0.5, 0.6) is 0 Å². The molecule has 21 heavy (non-hydrogen) atoms. The molecule has 1 amide bonds. The maximum atomic E-state index is 12.3. The van der Waals surface area contributed by atoms with Crippen LogP contribution in [0.25, 0.3) is 0 Å². The molecule has 1 aromatic carbocycles. The average molecular weight is 289 g/mol. The SMILES string of the molecule is O=C(O)c1ccc2c(c1)CN(C(=O)CC1CCCO1)CC2. The molecule has 0 spiro atoms. The van der Waals surface area contributed by atoms with Crippen molar-refractivity contribution >= 4 is 11.9 Å². The zero-order chi connectivity index (χ0) is 14.8. The standard InChI is InChI=1S/C16H19NO4/c18-15(9-14-2-1-7-21-14)17-6-5-11-3-4-12(16(19)20)8-13(11)10-17/h3-4,8,14H,1-2,5-7,9-10H2,(H,19,20). The predicted octanol–water partition coefficient (Wildman–Crippen LogP) is 1.84. The maximum Gasteiger partial charge on any atom is 0.335 e. The molecule has 1 atom stereocenters. The van der Waals surface area contributed by atoms with Crippen LogP contribution in [0.1, 0.15) is 40.7 Å². The zero-order valence-corrected chi connectivity index (χ0v) is 11.9. The minimum Gasteiger partial charge on any atom is -0.478 e. The van der Waals surface area contributed by atoms with Gasteiger partial charge in [0.05, 0.1) is 18.1 Å². The molecular weight excluding hydrogens is 270 g/mol. The Morgan fingerprint density at radius 3 is 2.90 bits per heavy atom. The molecule has 5 nitrogen and oxygen atoms in total. The molecule has 2 aliphatic rings. The smallest absolute Gasteiger partial charge is 0.335 e. The van der Waals surface area contributed by atoms with Crippen LogP contribution in [0, 0.1) is 0 Å². The fourth-order valence-corrected chi connectivity index (χ4v) is 3.03. The first-order valence-electron chi connectivity index (χ1n) is 7.38. The number of ether oxygens (including phenoxy) is 1. The van der Waals surface area contributed by atoms with Crippen LogP contribution >= 0.6 is 0 Å². The van der Waals surface area contributed by atoms with Crippen molar-refractivity contribution in [2.45, 2.75) is 38.3 Å². The largest absolute Gasteiger partial charge is 0.478 e. The topological polar surface area (TPSA) is 66.8 Å². The normalized spacial score (nSPS) is 21.1. The van der Waals surface area contributed by atoms with Crippen molar-refractivity contribution in [2.75, 3.05) is 13.2 Å². The van der Waals surface area contributed by atoms with Crippen LogP contribution < -0.4 is 0 Å². The summed E-state index contributed by atoms with van der Waals surface area (Å²) in [6.45, 7) is 1.95. The van der Waals surface area contributed by atoms with Crippen LogP contribution in [0.4, 0.5) is 0 Å². The second kappa shape index (κ2) is 5.85. The number of benzene rings is 1. The zero-order valence-electron chi connectivity index (χ0n) is 11.9. The first kappa shape index (κ1) is 14.1. The Morgan fingerprint density at radius 1 is 1.33 bits per heavy atom. The molecule has 5 heteroatoms. The minimum absolute atomic E-state index is 0.0595. The highest BCUT2D eigenvalue weighted by atomic mass is 16.5. The Hall–Kier alpha value is -1.88. The number of carbonyl (C=O) groups excluding carboxylic acids is 1. The highest BCUT2D eigenvalue weighted by Gasteiger charge is 2.25. The summed E-state index contributed by atoms with van der Waals surface area (Å²) in [5.74, 6) is -0.825. The third kappa shape index (κ3) is 3.08. The summed E-state index contributed by atoms with van der Waals surface area (Å²) in [6, 6.07) is 5.18. The Kier molecular flexibility index (Phi) is 3.92. The Bertz CT molecular complexity index is 563. The summed E-state index contributed by atoms with van der Waals surface area (Å²) in [6.07, 6.45) is 3.27. The van der Waals surface area contributed by atoms with Crippen LogP contribution in [-0.4, -0.2) is 41.1 Å². The molecule has 2 aliphatic heterocycles. The van der Waals surface area contributed by atoms with Gasteiger partial charge < -0.3 is 14.7 Å². The lowest BCUT2D eigenvalue weighted by molar-refractivity contribution is -0.134. The maximum absolute atomic E-state index is 12.3. The van der Waals surface area contributed by atoms with E-state index in [9.17, 15) is 9.59 Å². The summed E-state index contributed by atoms with van der Waals surface area (Å²) in [4.78, 5) is 25.2. The number of hydrogen-bond donors (Lipinski definition) is 1. The van der Waals surface area contributed by atoms with E-state index in [1.54, 1.807) is 12.1 Å². The fourth-order valence-electron chi connectivity index (χ4n) is 3.03. The molecule has 0 aliphatic carbocycles. The summed E-state index contributed by atoms with van der Waals surface area (Å²) in [7, 11) is 0. The first-order valence-corrected chi connectivity index (χ1v) is 7.38. The second-order valence-corrected chi connectivity index (χ2v) is 5.69. The number of fused-ring (bicyclic) bond motifs is 1. The third-order valence-corrected chi connectivity index (χ3v) is 4.24. The van der Waals surface area contributed by atoms with Crippen molar-refractivity contribution in [3.63, 3.8) is 0 Å². The molecule has 1 saturated heterocycles. The molecular formula is C16H19NO4. The molecule has 1 unspecified atom stereocenters. The van der Waals surface area contributed by atoms with E-state index in [1.165, 1.54) is 0 Å². The Labute approximate surface area is 123 Å². The van der Waals surface area contributed by atoms with Gasteiger partial charge in [0.25, 0.3) is 0 Å². The van der Waals surface area contributed by atoms with Crippen LogP contribution in [0.3, 0.4) is 0 Å². The monoisotopic (exact) mass is 289 g/mol. The van der Waals surface area contributed by atoms with Gasteiger partial charge in [0.1, 0.15) is 0 Å². The molecule has 0 aromatic heterocycles. The number of aromatic carboxylic acids is 1. The summed E-state index contributed by atoms with van der Waals surface area (Å²) in [5, 5.41) is 9.05. The molecule has 3 rings (SSSR count). The number of rotatable bonds is 3. The number of carboxylic acid groups (broad SMARTS) is 1. The van der Waals surface area contributed by atoms with Crippen LogP contribution in [-0.2, 0) is 22.5 Å². The molecule has 1 aromatic rings. The summed E-state index contributed by atoms with van der Waals surface area (Å²) < 4.78 is 5.51. The van der Waals surface area contributed by atoms with E-state index in [4.69, 9.17) is 9.84 Å². The molecule has 0 bridgehead atoms. The molecule has 2 heterocycles. The molecule has 112 valence electrons. The van der Waals surface area contributed by atoms with E-state index in [-0.39, 0.29) is 17.6 Å². The fraction of sp³-hybridized carbons (Fsp3) is 0.500. The van der Waals surface area contributed by atoms with Gasteiger partial charge in [-0.25, -0.2) is 4.79 Å². The number of carbonyl (C=O) groups is 2. The molecule has 0 radical (unpaired) electrons. The van der Waals surface area contributed by atoms with Gasteiger partial charge in [0.2, 0.25) is 5.91 Å². The van der Waals surface area contributed by atoms with Crippen molar-refractivity contribution in [1.82, 2.24) is 4.90 Å². The van der Waals surface area contributed by atoms with Crippen molar-refractivity contribution < 1.29 is 19.4 Å². The van der Waals surface area contributed by atoms with E-state index < -0.39 is 5.97 Å². The van der Waals surface area contributed by atoms with Gasteiger partial charge in [-0.1, -0.05) is 6.07 Å². The lowest BCUT2D eigenvalue weighted by Crippen LogP contribution is -2.37. The van der Waals surface area contributed by atoms with Gasteiger partial charge in [0.15, 0.2) is 0 Å². The van der Waals surface area contributed by atoms with Gasteiger partial charge >= 0.3 is 5.97 Å². The van der Waals surface area contributed by atoms with Gasteiger partial charge in [-0.3, -0.25) is 4.79 Å². The Morgan fingerprint density at radius 2 is 2.19 bits per heavy atom. The van der Waals surface area contributed by atoms with Gasteiger partial charge in [-0.05, 0) is 42.5 Å². The number of amides is 1. The van der Waals surface area contributed by atoms with Crippen LogP contribution in [0.2, 0.25) is 0 Å². The van der Waals surface area contributed by atoms with Crippen molar-refractivity contribution in [3.05, 3.63) is 34.9 Å². The van der Waals surface area contributed by atoms with Crippen molar-refractivity contribution in [3.8, 4) is 0 Å². The van der Waals surface area contributed by atoms with Gasteiger partial charge in [-0.2, -0.15) is 0 Å². The lowest BCUT2D eigenvalue weighted by atomic mass is 9.97. The van der Waals surface area contributed by atoms with Crippen molar-refractivity contribution in [2.24, 2.45) is 0 Å². The first-order chi connectivity index (χ1) is 10.1. The average Bonchev–Trinajstić information content (AvgIpc) is 2.98. The number of nitrogens with zero attached hydrogens (tertiary/aromatic N) is 1. The molecule has 1 fully saturated rings. The number of carboxylic acids is 1. The lowest BCUT2D eigenvalue weighted by Gasteiger charge is -2.30. The van der Waals surface area contributed by atoms with Gasteiger partial charge in [0, 0.05) is 19.7 Å². The summed E-state index contributed by atoms with van der Waals surface area (Å²) in [5.41, 5.74) is 2.37. The highest BCUT2D eigenvalue weighted by molar-refractivity contribution is 5.88. The van der Waals surface area contributed by atoms with E-state index in [0.29, 0.717) is 19.5 Å². The second-order valence-electron chi connectivity index (χ2n) is 5.69. The molecule has 0 saturated carbocycles. The van der Waals surface area contributed by atoms with E-state index in [2.05, 4.69) is 0 Å². The highest BCUT2D eigenvalue weighted by Crippen LogP contribution is 2.23. The third-order valence-electron chi connectivity index (χ3n) is 4.24. The summed E-state index contributed by atoms with van der Waals surface area (Å²) >= 11 is 0. The minimum atomic E-state index is -0.930. The van der Waals surface area contributed by atoms with E-state index >= 15 is 0 Å². The van der Waals surface area contributed by atoms with Crippen molar-refractivity contribution in [1.29, 1.82) is 0 Å². The predicted molar refractivity (Wildman–Crippen MR) is 76.1 cm³/mol. The molecule has 1 N–H and O–H groups in total. The van der Waals surface area contributed by atoms with E-state index in [1.807, 2.05) is 11.0 Å². The number of hydrogen-bond acceptors (Lipinski definition) is 3.